The molecule has 0 aromatic heterocycles. The molecule has 0 aromatic rings. The van der Waals surface area contributed by atoms with Gasteiger partial charge in [-0.25, -0.2) is 0 Å². The van der Waals surface area contributed by atoms with E-state index in [1.54, 1.807) is 0 Å². The second kappa shape index (κ2) is 4.87. The molecule has 0 aromatic carbocycles. The van der Waals surface area contributed by atoms with Gasteiger partial charge in [0.15, 0.2) is 5.78 Å². The third-order valence-electron chi connectivity index (χ3n) is 4.76. The summed E-state index contributed by atoms with van der Waals surface area (Å²) in [5.41, 5.74) is 5.85. The highest BCUT2D eigenvalue weighted by Crippen LogP contribution is 2.38. The molecule has 2 heteroatoms. The smallest absolute Gasteiger partial charge is 0.155 e. The van der Waals surface area contributed by atoms with E-state index in [1.165, 1.54) is 19.3 Å². The maximum absolute atomic E-state index is 12.6. The van der Waals surface area contributed by atoms with Crippen LogP contribution >= 0.6 is 0 Å². The number of nitrogens with two attached hydrogens (primary N) is 1. The largest absolute Gasteiger partial charge is 0.319 e. The minimum atomic E-state index is -0.449. The van der Waals surface area contributed by atoms with Crippen molar-refractivity contribution in [3.63, 3.8) is 0 Å². The van der Waals surface area contributed by atoms with E-state index in [0.29, 0.717) is 11.7 Å². The number of ketones is 1. The lowest BCUT2D eigenvalue weighted by atomic mass is 9.71. The fourth-order valence-electron chi connectivity index (χ4n) is 3.66. The maximum Gasteiger partial charge on any atom is 0.155 e. The van der Waals surface area contributed by atoms with Gasteiger partial charge in [-0.1, -0.05) is 39.0 Å². The molecule has 92 valence electrons. The molecule has 0 bridgehead atoms. The van der Waals surface area contributed by atoms with Gasteiger partial charge in [0.1, 0.15) is 0 Å². The van der Waals surface area contributed by atoms with E-state index >= 15 is 0 Å². The van der Waals surface area contributed by atoms with Gasteiger partial charge < -0.3 is 5.73 Å². The molecule has 16 heavy (non-hydrogen) atoms. The van der Waals surface area contributed by atoms with Gasteiger partial charge in [-0.15, -0.1) is 0 Å². The lowest BCUT2D eigenvalue weighted by molar-refractivity contribution is -0.131. The minimum Gasteiger partial charge on any atom is -0.319 e. The average molecular weight is 223 g/mol. The first-order valence-electron chi connectivity index (χ1n) is 7.00. The van der Waals surface area contributed by atoms with E-state index in [0.717, 1.165) is 38.5 Å². The number of Topliss-reactive ketones (excluding diaryl/α,β-unsaturated/α-hetero) is 1. The number of hydrogen-bond donors (Lipinski definition) is 1. The molecule has 2 aliphatic carbocycles. The zero-order chi connectivity index (χ0) is 11.6. The molecule has 0 saturated heterocycles. The lowest BCUT2D eigenvalue weighted by Gasteiger charge is -2.35. The fraction of sp³-hybridized carbons (Fsp3) is 0.929. The predicted molar refractivity (Wildman–Crippen MR) is 66.1 cm³/mol. The van der Waals surface area contributed by atoms with Gasteiger partial charge in [-0.05, 0) is 31.6 Å². The predicted octanol–water partition coefficient (Wildman–Crippen LogP) is 3.04. The van der Waals surface area contributed by atoms with Crippen LogP contribution in [0, 0.1) is 11.8 Å². The first-order chi connectivity index (χ1) is 7.67. The van der Waals surface area contributed by atoms with Gasteiger partial charge in [-0.2, -0.15) is 0 Å². The number of carbonyl (C=O) groups is 1. The Morgan fingerprint density at radius 2 is 1.81 bits per heavy atom. The summed E-state index contributed by atoms with van der Waals surface area (Å²) >= 11 is 0. The molecule has 2 unspecified atom stereocenters. The van der Waals surface area contributed by atoms with E-state index in [1.807, 2.05) is 0 Å². The number of hydrogen-bond acceptors (Lipinski definition) is 2. The minimum absolute atomic E-state index is 0.279. The van der Waals surface area contributed by atoms with Crippen LogP contribution in [0.2, 0.25) is 0 Å². The highest BCUT2D eigenvalue weighted by atomic mass is 16.1. The SMILES string of the molecule is CCC1CCCCC1C(=O)C1(N)CCCC1. The van der Waals surface area contributed by atoms with Crippen molar-refractivity contribution in [1.29, 1.82) is 0 Å². The van der Waals surface area contributed by atoms with E-state index < -0.39 is 5.54 Å². The second-order valence-corrected chi connectivity index (χ2v) is 5.79. The van der Waals surface area contributed by atoms with Crippen LogP contribution in [-0.2, 0) is 4.79 Å². The first kappa shape index (κ1) is 12.1. The summed E-state index contributed by atoms with van der Waals surface area (Å²) in [4.78, 5) is 12.6. The van der Waals surface area contributed by atoms with Crippen molar-refractivity contribution in [1.82, 2.24) is 0 Å². The van der Waals surface area contributed by atoms with Gasteiger partial charge in [0.25, 0.3) is 0 Å². The third-order valence-corrected chi connectivity index (χ3v) is 4.76. The van der Waals surface area contributed by atoms with Crippen LogP contribution in [0.5, 0.6) is 0 Å². The zero-order valence-electron chi connectivity index (χ0n) is 10.5. The summed E-state index contributed by atoms with van der Waals surface area (Å²) in [5, 5.41) is 0. The molecule has 2 atom stereocenters. The van der Waals surface area contributed by atoms with Crippen molar-refractivity contribution < 1.29 is 4.79 Å². The van der Waals surface area contributed by atoms with Gasteiger partial charge in [-0.3, -0.25) is 4.79 Å². The fourth-order valence-corrected chi connectivity index (χ4v) is 3.66. The molecule has 0 amide bonds. The summed E-state index contributed by atoms with van der Waals surface area (Å²) in [7, 11) is 0. The molecule has 0 spiro atoms. The number of carbonyl (C=O) groups excluding carboxylic acids is 1. The normalized spacial score (nSPS) is 33.9. The Morgan fingerprint density at radius 1 is 1.19 bits per heavy atom. The summed E-state index contributed by atoms with van der Waals surface area (Å²) < 4.78 is 0. The van der Waals surface area contributed by atoms with Crippen LogP contribution in [0.25, 0.3) is 0 Å². The molecule has 0 radical (unpaired) electrons. The van der Waals surface area contributed by atoms with E-state index in [4.69, 9.17) is 5.73 Å². The molecule has 0 heterocycles. The molecular formula is C14H25NO. The molecule has 2 N–H and O–H groups in total. The van der Waals surface area contributed by atoms with Crippen LogP contribution in [-0.4, -0.2) is 11.3 Å². The lowest BCUT2D eigenvalue weighted by Crippen LogP contribution is -2.50. The van der Waals surface area contributed by atoms with Crippen LogP contribution in [0.1, 0.15) is 64.7 Å². The molecule has 0 aliphatic heterocycles. The molecule has 2 rings (SSSR count). The van der Waals surface area contributed by atoms with Crippen molar-refractivity contribution in [2.45, 2.75) is 70.3 Å². The summed E-state index contributed by atoms with van der Waals surface area (Å²) in [6.07, 6.45) is 10.2. The third kappa shape index (κ3) is 2.17. The van der Waals surface area contributed by atoms with Crippen molar-refractivity contribution in [2.24, 2.45) is 17.6 Å². The topological polar surface area (TPSA) is 43.1 Å². The molecule has 2 nitrogen and oxygen atoms in total. The van der Waals surface area contributed by atoms with Crippen LogP contribution < -0.4 is 5.73 Å². The highest BCUT2D eigenvalue weighted by molar-refractivity contribution is 5.90. The van der Waals surface area contributed by atoms with Crippen molar-refractivity contribution in [3.05, 3.63) is 0 Å². The highest BCUT2D eigenvalue weighted by Gasteiger charge is 2.43. The Hall–Kier alpha value is -0.370. The summed E-state index contributed by atoms with van der Waals surface area (Å²) in [6, 6.07) is 0. The van der Waals surface area contributed by atoms with E-state index in [2.05, 4.69) is 6.92 Å². The monoisotopic (exact) mass is 223 g/mol. The second-order valence-electron chi connectivity index (χ2n) is 5.79. The van der Waals surface area contributed by atoms with Crippen LogP contribution in [0.15, 0.2) is 0 Å². The van der Waals surface area contributed by atoms with Crippen molar-refractivity contribution in [2.75, 3.05) is 0 Å². The molecular weight excluding hydrogens is 198 g/mol. The number of rotatable bonds is 3. The summed E-state index contributed by atoms with van der Waals surface area (Å²) in [6.45, 7) is 2.22. The van der Waals surface area contributed by atoms with Gasteiger partial charge >= 0.3 is 0 Å². The van der Waals surface area contributed by atoms with E-state index in [-0.39, 0.29) is 5.92 Å². The Bertz CT molecular complexity index is 255. The average Bonchev–Trinajstić information content (AvgIpc) is 2.76. The van der Waals surface area contributed by atoms with Crippen molar-refractivity contribution in [3.8, 4) is 0 Å². The standard InChI is InChI=1S/C14H25NO/c1-2-11-7-3-4-8-12(11)13(16)14(15)9-5-6-10-14/h11-12H,2-10,15H2,1H3. The van der Waals surface area contributed by atoms with Crippen molar-refractivity contribution >= 4 is 5.78 Å². The summed E-state index contributed by atoms with van der Waals surface area (Å²) in [5.74, 6) is 1.29. The zero-order valence-corrected chi connectivity index (χ0v) is 10.5. The van der Waals surface area contributed by atoms with Crippen LogP contribution in [0.4, 0.5) is 0 Å². The Labute approximate surface area is 99.0 Å². The molecule has 2 aliphatic rings. The van der Waals surface area contributed by atoms with Gasteiger partial charge in [0.2, 0.25) is 0 Å². The first-order valence-corrected chi connectivity index (χ1v) is 7.00. The Morgan fingerprint density at radius 3 is 2.44 bits per heavy atom. The maximum atomic E-state index is 12.6. The Kier molecular flexibility index (Phi) is 3.68. The molecule has 2 fully saturated rings. The Balaban J connectivity index is 2.07. The van der Waals surface area contributed by atoms with E-state index in [9.17, 15) is 4.79 Å². The van der Waals surface area contributed by atoms with Gasteiger partial charge in [0, 0.05) is 5.92 Å². The quantitative estimate of drug-likeness (QED) is 0.799. The van der Waals surface area contributed by atoms with Crippen LogP contribution in [0.3, 0.4) is 0 Å². The van der Waals surface area contributed by atoms with Gasteiger partial charge in [0.05, 0.1) is 5.54 Å². The molecule has 2 saturated carbocycles.